The van der Waals surface area contributed by atoms with E-state index < -0.39 is 12.1 Å². The Bertz CT molecular complexity index is 297. The van der Waals surface area contributed by atoms with Crippen LogP contribution in [-0.2, 0) is 23.0 Å². The lowest BCUT2D eigenvalue weighted by Gasteiger charge is -2.04. The smallest absolute Gasteiger partial charge is 0.335 e. The molecule has 0 saturated carbocycles. The fourth-order valence-electron chi connectivity index (χ4n) is 0.906. The number of ether oxygens (including phenoxy) is 1. The zero-order valence-electron chi connectivity index (χ0n) is 7.47. The van der Waals surface area contributed by atoms with Crippen LogP contribution in [0, 0.1) is 0 Å². The fourth-order valence-corrected chi connectivity index (χ4v) is 0.906. The summed E-state index contributed by atoms with van der Waals surface area (Å²) in [5.74, 6) is -0.661. The van der Waals surface area contributed by atoms with Crippen LogP contribution in [0.3, 0.4) is 0 Å². The van der Waals surface area contributed by atoms with Crippen molar-refractivity contribution in [2.24, 2.45) is 7.05 Å². The highest BCUT2D eigenvalue weighted by atomic mass is 16.5. The Labute approximate surface area is 75.1 Å². The number of hydrogen-bond acceptors (Lipinski definition) is 5. The van der Waals surface area contributed by atoms with Crippen molar-refractivity contribution in [2.75, 3.05) is 7.11 Å². The third-order valence-corrected chi connectivity index (χ3v) is 1.53. The first-order valence-electron chi connectivity index (χ1n) is 3.74. The Morgan fingerprint density at radius 2 is 2.54 bits per heavy atom. The number of rotatable bonds is 3. The third-order valence-electron chi connectivity index (χ3n) is 1.53. The molecule has 0 aromatic carbocycles. The highest BCUT2D eigenvalue weighted by molar-refractivity contribution is 5.74. The molecule has 6 nitrogen and oxygen atoms in total. The number of hydrogen-bond donors (Lipinski definition) is 1. The summed E-state index contributed by atoms with van der Waals surface area (Å²) >= 11 is 0. The average Bonchev–Trinajstić information content (AvgIpc) is 2.49. The molecule has 13 heavy (non-hydrogen) atoms. The monoisotopic (exact) mass is 185 g/mol. The molecule has 0 aliphatic rings. The lowest BCUT2D eigenvalue weighted by atomic mass is 10.2. The quantitative estimate of drug-likeness (QED) is 0.604. The molecule has 1 heterocycles. The molecule has 1 rings (SSSR count). The van der Waals surface area contributed by atoms with Gasteiger partial charge in [-0.3, -0.25) is 4.68 Å². The maximum Gasteiger partial charge on any atom is 0.335 e. The first-order valence-corrected chi connectivity index (χ1v) is 3.74. The minimum Gasteiger partial charge on any atom is -0.467 e. The summed E-state index contributed by atoms with van der Waals surface area (Å²) in [7, 11) is 2.93. The predicted molar refractivity (Wildman–Crippen MR) is 42.7 cm³/mol. The molecule has 0 bridgehead atoms. The second-order valence-corrected chi connectivity index (χ2v) is 2.63. The summed E-state index contributed by atoms with van der Waals surface area (Å²) in [6.45, 7) is 0. The van der Waals surface area contributed by atoms with E-state index in [4.69, 9.17) is 0 Å². The van der Waals surface area contributed by atoms with Crippen molar-refractivity contribution < 1.29 is 14.6 Å². The molecule has 0 saturated heterocycles. The Kier molecular flexibility index (Phi) is 2.97. The molecule has 1 N–H and O–H groups in total. The van der Waals surface area contributed by atoms with Gasteiger partial charge in [0, 0.05) is 19.7 Å². The van der Waals surface area contributed by atoms with Gasteiger partial charge in [0.15, 0.2) is 6.10 Å². The van der Waals surface area contributed by atoms with E-state index in [1.54, 1.807) is 13.2 Å². The van der Waals surface area contributed by atoms with E-state index in [0.717, 1.165) is 0 Å². The minimum absolute atomic E-state index is 0.126. The van der Waals surface area contributed by atoms with Crippen LogP contribution in [0.4, 0.5) is 0 Å². The third kappa shape index (κ3) is 2.51. The molecule has 0 aliphatic heterocycles. The van der Waals surface area contributed by atoms with Gasteiger partial charge in [0.2, 0.25) is 0 Å². The number of esters is 1. The fraction of sp³-hybridized carbons (Fsp3) is 0.571. The molecule has 1 unspecified atom stereocenters. The summed E-state index contributed by atoms with van der Waals surface area (Å²) in [4.78, 5) is 10.8. The molecule has 0 amide bonds. The maximum atomic E-state index is 10.8. The Hall–Kier alpha value is -1.43. The van der Waals surface area contributed by atoms with Crippen molar-refractivity contribution in [1.82, 2.24) is 15.0 Å². The molecular weight excluding hydrogens is 174 g/mol. The molecule has 0 fully saturated rings. The van der Waals surface area contributed by atoms with E-state index in [1.807, 2.05) is 0 Å². The predicted octanol–water partition coefficient (Wildman–Crippen LogP) is -1.11. The summed E-state index contributed by atoms with van der Waals surface area (Å²) in [5, 5.41) is 16.6. The first-order chi connectivity index (χ1) is 6.13. The van der Waals surface area contributed by atoms with Crippen molar-refractivity contribution in [3.8, 4) is 0 Å². The molecule has 0 spiro atoms. The molecule has 6 heteroatoms. The van der Waals surface area contributed by atoms with Gasteiger partial charge in [-0.1, -0.05) is 5.21 Å². The Morgan fingerprint density at radius 1 is 1.85 bits per heavy atom. The van der Waals surface area contributed by atoms with Crippen LogP contribution in [0.2, 0.25) is 0 Å². The van der Waals surface area contributed by atoms with E-state index in [2.05, 4.69) is 15.0 Å². The van der Waals surface area contributed by atoms with Crippen LogP contribution >= 0.6 is 0 Å². The number of methoxy groups -OCH3 is 1. The van der Waals surface area contributed by atoms with Crippen molar-refractivity contribution in [1.29, 1.82) is 0 Å². The number of aromatic nitrogens is 3. The summed E-state index contributed by atoms with van der Waals surface area (Å²) in [6, 6.07) is 0. The second-order valence-electron chi connectivity index (χ2n) is 2.63. The van der Waals surface area contributed by atoms with Crippen molar-refractivity contribution in [2.45, 2.75) is 12.5 Å². The largest absolute Gasteiger partial charge is 0.467 e. The Morgan fingerprint density at radius 3 is 3.00 bits per heavy atom. The van der Waals surface area contributed by atoms with E-state index >= 15 is 0 Å². The maximum absolute atomic E-state index is 10.8. The van der Waals surface area contributed by atoms with Gasteiger partial charge >= 0.3 is 5.97 Å². The number of nitrogens with zero attached hydrogens (tertiary/aromatic N) is 3. The number of carbonyl (C=O) groups is 1. The van der Waals surface area contributed by atoms with E-state index in [1.165, 1.54) is 11.8 Å². The van der Waals surface area contributed by atoms with Gasteiger partial charge in [0.25, 0.3) is 0 Å². The zero-order valence-corrected chi connectivity index (χ0v) is 7.47. The van der Waals surface area contributed by atoms with Crippen molar-refractivity contribution in [3.05, 3.63) is 11.9 Å². The van der Waals surface area contributed by atoms with Gasteiger partial charge in [-0.05, 0) is 0 Å². The number of aryl methyl sites for hydroxylation is 1. The van der Waals surface area contributed by atoms with Gasteiger partial charge in [0.05, 0.1) is 12.8 Å². The van der Waals surface area contributed by atoms with Gasteiger partial charge in [-0.2, -0.15) is 0 Å². The van der Waals surface area contributed by atoms with Crippen LogP contribution in [0.5, 0.6) is 0 Å². The van der Waals surface area contributed by atoms with E-state index in [0.29, 0.717) is 5.69 Å². The van der Waals surface area contributed by atoms with Crippen LogP contribution in [0.25, 0.3) is 0 Å². The van der Waals surface area contributed by atoms with Crippen LogP contribution in [0.1, 0.15) is 5.69 Å². The molecule has 72 valence electrons. The number of carbonyl (C=O) groups excluding carboxylic acids is 1. The highest BCUT2D eigenvalue weighted by Crippen LogP contribution is 1.99. The van der Waals surface area contributed by atoms with Crippen LogP contribution in [-0.4, -0.2) is 39.3 Å². The highest BCUT2D eigenvalue weighted by Gasteiger charge is 2.17. The zero-order chi connectivity index (χ0) is 9.84. The summed E-state index contributed by atoms with van der Waals surface area (Å²) < 4.78 is 5.85. The lowest BCUT2D eigenvalue weighted by Crippen LogP contribution is -2.24. The van der Waals surface area contributed by atoms with Gasteiger partial charge in [-0.25, -0.2) is 4.79 Å². The molecule has 1 aromatic heterocycles. The Balaban J connectivity index is 2.54. The summed E-state index contributed by atoms with van der Waals surface area (Å²) in [5.41, 5.74) is 0.556. The normalized spacial score (nSPS) is 12.5. The van der Waals surface area contributed by atoms with Crippen LogP contribution in [0.15, 0.2) is 6.20 Å². The minimum atomic E-state index is -1.17. The summed E-state index contributed by atoms with van der Waals surface area (Å²) in [6.07, 6.45) is 0.592. The van der Waals surface area contributed by atoms with Gasteiger partial charge < -0.3 is 9.84 Å². The van der Waals surface area contributed by atoms with E-state index in [9.17, 15) is 9.90 Å². The van der Waals surface area contributed by atoms with Crippen molar-refractivity contribution in [3.63, 3.8) is 0 Å². The molecule has 0 aliphatic carbocycles. The number of aliphatic hydroxyl groups is 1. The molecular formula is C7H11N3O3. The first kappa shape index (κ1) is 9.66. The standard InChI is InChI=1S/C7H11N3O3/c1-10-4-5(8-9-10)3-6(11)7(12)13-2/h4,6,11H,3H2,1-2H3. The average molecular weight is 185 g/mol. The molecule has 1 aromatic rings. The lowest BCUT2D eigenvalue weighted by molar-refractivity contribution is -0.150. The topological polar surface area (TPSA) is 77.2 Å². The molecule has 1 atom stereocenters. The van der Waals surface area contributed by atoms with E-state index in [-0.39, 0.29) is 6.42 Å². The SMILES string of the molecule is COC(=O)C(O)Cc1cn(C)nn1. The van der Waals surface area contributed by atoms with Crippen molar-refractivity contribution >= 4 is 5.97 Å². The molecule has 0 radical (unpaired) electrons. The van der Waals surface area contributed by atoms with Gasteiger partial charge in [0.1, 0.15) is 0 Å². The number of aliphatic hydroxyl groups excluding tert-OH is 1. The second kappa shape index (κ2) is 3.99. The van der Waals surface area contributed by atoms with Gasteiger partial charge in [-0.15, -0.1) is 5.10 Å². The van der Waals surface area contributed by atoms with Crippen LogP contribution < -0.4 is 0 Å².